The highest BCUT2D eigenvalue weighted by atomic mass is 19.4. The van der Waals surface area contributed by atoms with Crippen LogP contribution in [0.2, 0.25) is 0 Å². The average molecular weight is 325 g/mol. The van der Waals surface area contributed by atoms with E-state index in [0.717, 1.165) is 27.4 Å². The Bertz CT molecular complexity index is 697. The molecule has 0 saturated heterocycles. The van der Waals surface area contributed by atoms with Gasteiger partial charge in [-0.3, -0.25) is 9.48 Å². The van der Waals surface area contributed by atoms with Crippen molar-refractivity contribution in [2.75, 3.05) is 6.54 Å². The van der Waals surface area contributed by atoms with Gasteiger partial charge in [0.15, 0.2) is 5.69 Å². The van der Waals surface area contributed by atoms with Crippen LogP contribution < -0.4 is 5.32 Å². The maximum atomic E-state index is 12.4. The molecule has 4 nitrogen and oxygen atoms in total. The van der Waals surface area contributed by atoms with E-state index in [9.17, 15) is 18.0 Å². The monoisotopic (exact) mass is 325 g/mol. The van der Waals surface area contributed by atoms with Crippen LogP contribution in [0.3, 0.4) is 0 Å². The lowest BCUT2D eigenvalue weighted by molar-refractivity contribution is -0.141. The van der Waals surface area contributed by atoms with Gasteiger partial charge in [-0.05, 0) is 38.0 Å². The van der Waals surface area contributed by atoms with Crippen molar-refractivity contribution >= 4 is 5.91 Å². The van der Waals surface area contributed by atoms with Crippen molar-refractivity contribution in [3.8, 4) is 0 Å². The second kappa shape index (κ2) is 6.44. The van der Waals surface area contributed by atoms with Crippen LogP contribution in [-0.4, -0.2) is 22.2 Å². The predicted molar refractivity (Wildman–Crippen MR) is 80.2 cm³/mol. The SMILES string of the molecule is Cc1cc(C)c(C(=O)NCCn2ccc(C(F)(F)F)n2)c(C)c1. The first-order chi connectivity index (χ1) is 10.7. The van der Waals surface area contributed by atoms with Gasteiger partial charge in [0.25, 0.3) is 5.91 Å². The normalized spacial score (nSPS) is 11.6. The number of carbonyl (C=O) groups is 1. The van der Waals surface area contributed by atoms with E-state index in [1.807, 2.05) is 32.9 Å². The molecule has 0 unspecified atom stereocenters. The van der Waals surface area contributed by atoms with E-state index in [-0.39, 0.29) is 19.0 Å². The van der Waals surface area contributed by atoms with Crippen LogP contribution in [0, 0.1) is 20.8 Å². The Morgan fingerprint density at radius 3 is 2.35 bits per heavy atom. The summed E-state index contributed by atoms with van der Waals surface area (Å²) in [6.07, 6.45) is -3.21. The highest BCUT2D eigenvalue weighted by Gasteiger charge is 2.33. The molecule has 23 heavy (non-hydrogen) atoms. The Labute approximate surface area is 132 Å². The van der Waals surface area contributed by atoms with E-state index in [1.54, 1.807) is 0 Å². The molecule has 0 radical (unpaired) electrons. The van der Waals surface area contributed by atoms with E-state index in [0.29, 0.717) is 5.56 Å². The summed E-state index contributed by atoms with van der Waals surface area (Å²) in [6, 6.07) is 4.76. The number of alkyl halides is 3. The first-order valence-electron chi connectivity index (χ1n) is 7.15. The van der Waals surface area contributed by atoms with Gasteiger partial charge in [-0.25, -0.2) is 0 Å². The van der Waals surface area contributed by atoms with Crippen LogP contribution in [0.5, 0.6) is 0 Å². The minimum absolute atomic E-state index is 0.172. The van der Waals surface area contributed by atoms with Crippen LogP contribution in [0.25, 0.3) is 0 Å². The lowest BCUT2D eigenvalue weighted by atomic mass is 9.99. The van der Waals surface area contributed by atoms with E-state index in [4.69, 9.17) is 0 Å². The van der Waals surface area contributed by atoms with Gasteiger partial charge in [0, 0.05) is 18.3 Å². The van der Waals surface area contributed by atoms with E-state index in [1.165, 1.54) is 6.20 Å². The van der Waals surface area contributed by atoms with Gasteiger partial charge in [0.05, 0.1) is 6.54 Å². The maximum Gasteiger partial charge on any atom is 0.435 e. The molecule has 0 spiro atoms. The van der Waals surface area contributed by atoms with Gasteiger partial charge < -0.3 is 5.32 Å². The van der Waals surface area contributed by atoms with E-state index < -0.39 is 11.9 Å². The number of hydrogen-bond donors (Lipinski definition) is 1. The molecular formula is C16H18F3N3O. The molecule has 1 N–H and O–H groups in total. The molecular weight excluding hydrogens is 307 g/mol. The topological polar surface area (TPSA) is 46.9 Å². The highest BCUT2D eigenvalue weighted by molar-refractivity contribution is 5.97. The third kappa shape index (κ3) is 4.12. The first-order valence-corrected chi connectivity index (χ1v) is 7.15. The van der Waals surface area contributed by atoms with Crippen molar-refractivity contribution in [3.05, 3.63) is 52.3 Å². The minimum Gasteiger partial charge on any atom is -0.350 e. The molecule has 0 fully saturated rings. The molecule has 1 aromatic heterocycles. The lowest BCUT2D eigenvalue weighted by Crippen LogP contribution is -2.28. The summed E-state index contributed by atoms with van der Waals surface area (Å²) < 4.78 is 38.5. The van der Waals surface area contributed by atoms with Crippen LogP contribution in [0.4, 0.5) is 13.2 Å². The van der Waals surface area contributed by atoms with Crippen molar-refractivity contribution in [1.29, 1.82) is 0 Å². The number of hydrogen-bond acceptors (Lipinski definition) is 2. The van der Waals surface area contributed by atoms with Gasteiger partial charge in [-0.1, -0.05) is 17.7 Å². The molecule has 7 heteroatoms. The van der Waals surface area contributed by atoms with Gasteiger partial charge in [0.2, 0.25) is 0 Å². The molecule has 0 atom stereocenters. The van der Waals surface area contributed by atoms with Crippen molar-refractivity contribution in [2.24, 2.45) is 0 Å². The lowest BCUT2D eigenvalue weighted by Gasteiger charge is -2.12. The van der Waals surface area contributed by atoms with Crippen molar-refractivity contribution in [3.63, 3.8) is 0 Å². The number of nitrogens with one attached hydrogen (secondary N) is 1. The number of rotatable bonds is 4. The highest BCUT2D eigenvalue weighted by Crippen LogP contribution is 2.27. The first kappa shape index (κ1) is 17.1. The van der Waals surface area contributed by atoms with Crippen LogP contribution in [0.15, 0.2) is 24.4 Å². The van der Waals surface area contributed by atoms with Gasteiger partial charge in [-0.15, -0.1) is 0 Å². The van der Waals surface area contributed by atoms with Gasteiger partial charge >= 0.3 is 6.18 Å². The van der Waals surface area contributed by atoms with Crippen LogP contribution in [-0.2, 0) is 12.7 Å². The Morgan fingerprint density at radius 2 is 1.83 bits per heavy atom. The summed E-state index contributed by atoms with van der Waals surface area (Å²) in [6.45, 7) is 6.05. The Morgan fingerprint density at radius 1 is 1.22 bits per heavy atom. The number of benzene rings is 1. The number of carbonyl (C=O) groups excluding carboxylic acids is 1. The molecule has 0 saturated carbocycles. The van der Waals surface area contributed by atoms with Crippen molar-refractivity contribution in [1.82, 2.24) is 15.1 Å². The summed E-state index contributed by atoms with van der Waals surface area (Å²) in [5.74, 6) is -0.233. The summed E-state index contributed by atoms with van der Waals surface area (Å²) >= 11 is 0. The van der Waals surface area contributed by atoms with E-state index in [2.05, 4.69) is 10.4 Å². The Balaban J connectivity index is 1.97. The molecule has 2 rings (SSSR count). The maximum absolute atomic E-state index is 12.4. The second-order valence-corrected chi connectivity index (χ2v) is 5.49. The number of amides is 1. The fourth-order valence-electron chi connectivity index (χ4n) is 2.55. The molecule has 0 aliphatic heterocycles. The summed E-state index contributed by atoms with van der Waals surface area (Å²) in [4.78, 5) is 12.2. The fraction of sp³-hybridized carbons (Fsp3) is 0.375. The number of aromatic nitrogens is 2. The Hall–Kier alpha value is -2.31. The summed E-state index contributed by atoms with van der Waals surface area (Å²) in [5.41, 5.74) is 2.49. The fourth-order valence-corrected chi connectivity index (χ4v) is 2.55. The van der Waals surface area contributed by atoms with Crippen molar-refractivity contribution < 1.29 is 18.0 Å². The van der Waals surface area contributed by atoms with Crippen LogP contribution in [0.1, 0.15) is 32.7 Å². The largest absolute Gasteiger partial charge is 0.435 e. The zero-order chi connectivity index (χ0) is 17.2. The third-order valence-electron chi connectivity index (χ3n) is 3.46. The number of nitrogens with zero attached hydrogens (tertiary/aromatic N) is 2. The Kier molecular flexibility index (Phi) is 4.77. The quantitative estimate of drug-likeness (QED) is 0.938. The zero-order valence-electron chi connectivity index (χ0n) is 13.2. The van der Waals surface area contributed by atoms with Crippen molar-refractivity contribution in [2.45, 2.75) is 33.5 Å². The molecule has 1 aromatic carbocycles. The minimum atomic E-state index is -4.45. The summed E-state index contributed by atoms with van der Waals surface area (Å²) in [7, 11) is 0. The van der Waals surface area contributed by atoms with Gasteiger partial charge in [0.1, 0.15) is 0 Å². The third-order valence-corrected chi connectivity index (χ3v) is 3.46. The molecule has 1 heterocycles. The number of aryl methyl sites for hydroxylation is 3. The molecule has 124 valence electrons. The molecule has 2 aromatic rings. The second-order valence-electron chi connectivity index (χ2n) is 5.49. The molecule has 0 aliphatic rings. The summed E-state index contributed by atoms with van der Waals surface area (Å²) in [5, 5.41) is 6.15. The average Bonchev–Trinajstić information content (AvgIpc) is 2.86. The predicted octanol–water partition coefficient (Wildman–Crippen LogP) is 3.26. The number of halogens is 3. The molecule has 0 aliphatic carbocycles. The van der Waals surface area contributed by atoms with Gasteiger partial charge in [-0.2, -0.15) is 18.3 Å². The molecule has 1 amide bonds. The zero-order valence-corrected chi connectivity index (χ0v) is 13.2. The van der Waals surface area contributed by atoms with E-state index >= 15 is 0 Å². The van der Waals surface area contributed by atoms with Crippen LogP contribution >= 0.6 is 0 Å². The molecule has 0 bridgehead atoms. The smallest absolute Gasteiger partial charge is 0.350 e. The standard InChI is InChI=1S/C16H18F3N3O/c1-10-8-11(2)14(12(3)9-10)15(23)20-5-7-22-6-4-13(21-22)16(17,18)19/h4,6,8-9H,5,7H2,1-3H3,(H,20,23).